The number of nitrogens with zero attached hydrogens (tertiary/aromatic N) is 1. The molecule has 0 fully saturated rings. The van der Waals surface area contributed by atoms with Crippen molar-refractivity contribution >= 4 is 22.5 Å². The fourth-order valence-electron chi connectivity index (χ4n) is 2.07. The summed E-state index contributed by atoms with van der Waals surface area (Å²) < 4.78 is 4.98. The minimum Gasteiger partial charge on any atom is -0.399 e. The van der Waals surface area contributed by atoms with Gasteiger partial charge in [0.25, 0.3) is 5.91 Å². The predicted molar refractivity (Wildman–Crippen MR) is 77.6 cm³/mol. The topological polar surface area (TPSA) is 91.6 Å². The van der Waals surface area contributed by atoms with Gasteiger partial charge in [-0.3, -0.25) is 4.79 Å². The number of rotatable bonds is 6. The first-order valence-corrected chi connectivity index (χ1v) is 6.43. The summed E-state index contributed by atoms with van der Waals surface area (Å²) in [5.41, 5.74) is 7.72. The normalized spacial score (nSPS) is 10.9. The van der Waals surface area contributed by atoms with Crippen LogP contribution < -0.4 is 5.73 Å². The summed E-state index contributed by atoms with van der Waals surface area (Å²) >= 11 is 0. The lowest BCUT2D eigenvalue weighted by Crippen LogP contribution is -2.36. The van der Waals surface area contributed by atoms with Gasteiger partial charge in [0.05, 0.1) is 13.2 Å². The van der Waals surface area contributed by atoms with Crippen LogP contribution in [0.2, 0.25) is 0 Å². The Labute approximate surface area is 117 Å². The maximum atomic E-state index is 12.4. The van der Waals surface area contributed by atoms with E-state index < -0.39 is 0 Å². The smallest absolute Gasteiger partial charge is 0.270 e. The average molecular weight is 277 g/mol. The standard InChI is InChI=1S/C14H19N3O3/c1-20-7-5-17(4-6-18)14(19)13-9-10-8-11(15)2-3-12(10)16-13/h2-3,8-9,16,18H,4-7,15H2,1H3. The molecule has 1 aromatic heterocycles. The Morgan fingerprint density at radius 3 is 2.90 bits per heavy atom. The number of amides is 1. The number of nitrogens with one attached hydrogen (secondary N) is 1. The molecular formula is C14H19N3O3. The Hall–Kier alpha value is -2.05. The van der Waals surface area contributed by atoms with Crippen LogP contribution in [0, 0.1) is 0 Å². The first-order valence-electron chi connectivity index (χ1n) is 6.43. The van der Waals surface area contributed by atoms with Crippen molar-refractivity contribution in [3.63, 3.8) is 0 Å². The van der Waals surface area contributed by atoms with Crippen LogP contribution in [0.5, 0.6) is 0 Å². The van der Waals surface area contributed by atoms with E-state index in [1.165, 1.54) is 0 Å². The maximum Gasteiger partial charge on any atom is 0.270 e. The van der Waals surface area contributed by atoms with Crippen molar-refractivity contribution in [3.05, 3.63) is 30.0 Å². The van der Waals surface area contributed by atoms with Crippen LogP contribution >= 0.6 is 0 Å². The van der Waals surface area contributed by atoms with Crippen LogP contribution in [0.1, 0.15) is 10.5 Å². The van der Waals surface area contributed by atoms with Crippen LogP contribution in [0.3, 0.4) is 0 Å². The second-order valence-corrected chi connectivity index (χ2v) is 4.54. The highest BCUT2D eigenvalue weighted by Gasteiger charge is 2.17. The Kier molecular flexibility index (Phi) is 4.60. The van der Waals surface area contributed by atoms with Gasteiger partial charge in [0.2, 0.25) is 0 Å². The second kappa shape index (κ2) is 6.40. The molecule has 0 aliphatic rings. The van der Waals surface area contributed by atoms with Crippen molar-refractivity contribution in [1.29, 1.82) is 0 Å². The first-order chi connectivity index (χ1) is 9.65. The Balaban J connectivity index is 2.23. The monoisotopic (exact) mass is 277 g/mol. The molecule has 0 atom stereocenters. The third-order valence-electron chi connectivity index (χ3n) is 3.10. The molecule has 0 bridgehead atoms. The minimum absolute atomic E-state index is 0.0807. The number of carbonyl (C=O) groups is 1. The van der Waals surface area contributed by atoms with Crippen molar-refractivity contribution in [3.8, 4) is 0 Å². The molecule has 2 aromatic rings. The van der Waals surface area contributed by atoms with Gasteiger partial charge in [-0.05, 0) is 24.3 Å². The zero-order valence-corrected chi connectivity index (χ0v) is 11.4. The number of hydrogen-bond acceptors (Lipinski definition) is 4. The lowest BCUT2D eigenvalue weighted by Gasteiger charge is -2.20. The molecular weight excluding hydrogens is 258 g/mol. The van der Waals surface area contributed by atoms with Crippen LogP contribution in [0.4, 0.5) is 5.69 Å². The summed E-state index contributed by atoms with van der Waals surface area (Å²) in [4.78, 5) is 17.0. The van der Waals surface area contributed by atoms with Crippen molar-refractivity contribution in [1.82, 2.24) is 9.88 Å². The number of fused-ring (bicyclic) bond motifs is 1. The number of benzene rings is 1. The fraction of sp³-hybridized carbons (Fsp3) is 0.357. The molecule has 0 aliphatic carbocycles. The second-order valence-electron chi connectivity index (χ2n) is 4.54. The third kappa shape index (κ3) is 3.09. The molecule has 1 heterocycles. The highest BCUT2D eigenvalue weighted by molar-refractivity contribution is 5.98. The number of hydrogen-bond donors (Lipinski definition) is 3. The number of carbonyl (C=O) groups excluding carboxylic acids is 1. The Bertz CT molecular complexity index is 594. The van der Waals surface area contributed by atoms with Crippen LogP contribution in [0.25, 0.3) is 10.9 Å². The van der Waals surface area contributed by atoms with Crippen molar-refractivity contribution < 1.29 is 14.6 Å². The molecule has 1 aromatic carbocycles. The van der Waals surface area contributed by atoms with E-state index in [1.54, 1.807) is 24.1 Å². The first kappa shape index (κ1) is 14.4. The number of aliphatic hydroxyl groups is 1. The predicted octanol–water partition coefficient (Wildman–Crippen LogP) is 0.831. The van der Waals surface area contributed by atoms with Gasteiger partial charge >= 0.3 is 0 Å². The lowest BCUT2D eigenvalue weighted by atomic mass is 10.2. The molecule has 0 aliphatic heterocycles. The molecule has 6 nitrogen and oxygen atoms in total. The minimum atomic E-state index is -0.161. The number of methoxy groups -OCH3 is 1. The summed E-state index contributed by atoms with van der Waals surface area (Å²) in [6.07, 6.45) is 0. The molecule has 6 heteroatoms. The number of nitrogen functional groups attached to an aromatic ring is 1. The fourth-order valence-corrected chi connectivity index (χ4v) is 2.07. The number of aliphatic hydroxyl groups excluding tert-OH is 1. The SMILES string of the molecule is COCCN(CCO)C(=O)c1cc2cc(N)ccc2[nH]1. The molecule has 1 amide bonds. The van der Waals surface area contributed by atoms with Crippen molar-refractivity contribution in [2.45, 2.75) is 0 Å². The number of anilines is 1. The lowest BCUT2D eigenvalue weighted by molar-refractivity contribution is 0.0652. The molecule has 0 spiro atoms. The summed E-state index contributed by atoms with van der Waals surface area (Å²) in [6.45, 7) is 1.06. The van der Waals surface area contributed by atoms with Crippen LogP contribution in [-0.4, -0.2) is 54.3 Å². The zero-order valence-electron chi connectivity index (χ0n) is 11.4. The van der Waals surface area contributed by atoms with E-state index in [1.807, 2.05) is 12.1 Å². The summed E-state index contributed by atoms with van der Waals surface area (Å²) in [7, 11) is 1.58. The van der Waals surface area contributed by atoms with Crippen molar-refractivity contribution in [2.24, 2.45) is 0 Å². The molecule has 0 radical (unpaired) electrons. The molecule has 108 valence electrons. The number of nitrogens with two attached hydrogens (primary N) is 1. The van der Waals surface area contributed by atoms with Gasteiger partial charge in [-0.1, -0.05) is 0 Å². The number of H-pyrrole nitrogens is 1. The quantitative estimate of drug-likeness (QED) is 0.682. The molecule has 0 unspecified atom stereocenters. The van der Waals surface area contributed by atoms with Gasteiger partial charge < -0.3 is 25.5 Å². The summed E-state index contributed by atoms with van der Waals surface area (Å²) in [5, 5.41) is 9.94. The van der Waals surface area contributed by atoms with Gasteiger partial charge in [0.1, 0.15) is 5.69 Å². The summed E-state index contributed by atoms with van der Waals surface area (Å²) in [6, 6.07) is 7.20. The Morgan fingerprint density at radius 2 is 2.20 bits per heavy atom. The van der Waals surface area contributed by atoms with E-state index in [0.717, 1.165) is 10.9 Å². The number of aromatic nitrogens is 1. The zero-order chi connectivity index (χ0) is 14.5. The molecule has 0 saturated heterocycles. The van der Waals surface area contributed by atoms with Gasteiger partial charge in [-0.2, -0.15) is 0 Å². The number of aromatic amines is 1. The van der Waals surface area contributed by atoms with E-state index in [0.29, 0.717) is 24.5 Å². The van der Waals surface area contributed by atoms with Gasteiger partial charge in [0.15, 0.2) is 0 Å². The van der Waals surface area contributed by atoms with E-state index in [-0.39, 0.29) is 19.1 Å². The highest BCUT2D eigenvalue weighted by atomic mass is 16.5. The van der Waals surface area contributed by atoms with E-state index >= 15 is 0 Å². The Morgan fingerprint density at radius 1 is 1.40 bits per heavy atom. The molecule has 2 rings (SSSR count). The van der Waals surface area contributed by atoms with Crippen molar-refractivity contribution in [2.75, 3.05) is 39.1 Å². The average Bonchev–Trinajstić information content (AvgIpc) is 2.85. The van der Waals surface area contributed by atoms with Crippen LogP contribution in [-0.2, 0) is 4.74 Å². The van der Waals surface area contributed by atoms with E-state index in [9.17, 15) is 4.79 Å². The summed E-state index contributed by atoms with van der Waals surface area (Å²) in [5.74, 6) is -0.161. The molecule has 0 saturated carbocycles. The maximum absolute atomic E-state index is 12.4. The molecule has 20 heavy (non-hydrogen) atoms. The van der Waals surface area contributed by atoms with Gasteiger partial charge in [-0.15, -0.1) is 0 Å². The third-order valence-corrected chi connectivity index (χ3v) is 3.10. The van der Waals surface area contributed by atoms with E-state index in [2.05, 4.69) is 4.98 Å². The van der Waals surface area contributed by atoms with Crippen LogP contribution in [0.15, 0.2) is 24.3 Å². The molecule has 4 N–H and O–H groups in total. The largest absolute Gasteiger partial charge is 0.399 e. The van der Waals surface area contributed by atoms with Gasteiger partial charge in [-0.25, -0.2) is 0 Å². The highest BCUT2D eigenvalue weighted by Crippen LogP contribution is 2.19. The van der Waals surface area contributed by atoms with E-state index in [4.69, 9.17) is 15.6 Å². The van der Waals surface area contributed by atoms with Gasteiger partial charge in [0, 0.05) is 36.8 Å². The number of ether oxygens (including phenoxy) is 1.